The molecule has 2 heterocycles. The van der Waals surface area contributed by atoms with Crippen LogP contribution in [0.5, 0.6) is 0 Å². The zero-order chi connectivity index (χ0) is 16.5. The van der Waals surface area contributed by atoms with E-state index in [-0.39, 0.29) is 30.9 Å². The van der Waals surface area contributed by atoms with E-state index in [1.807, 2.05) is 50.5 Å². The SMILES string of the molecule is Cc1ccc(-c2ccc(C)cn2)nc1.N#CC(C#N)=C([S-])[S-].[Pt+2]. The third-order valence-electron chi connectivity index (χ3n) is 2.51. The molecule has 4 nitrogen and oxygen atoms in total. The molecular weight excluding hydrogens is 507 g/mol. The summed E-state index contributed by atoms with van der Waals surface area (Å²) in [4.78, 5) is 8.63. The Hall–Kier alpha value is -1.85. The molecule has 0 atom stereocenters. The average molecular weight is 520 g/mol. The first-order valence-corrected chi connectivity index (χ1v) is 7.03. The van der Waals surface area contributed by atoms with Crippen LogP contribution in [0.15, 0.2) is 46.5 Å². The number of nitriles is 2. The fourth-order valence-electron chi connectivity index (χ4n) is 1.35. The van der Waals surface area contributed by atoms with E-state index in [0.717, 1.165) is 11.4 Å². The Morgan fingerprint density at radius 1 is 0.870 bits per heavy atom. The topological polar surface area (TPSA) is 73.4 Å². The summed E-state index contributed by atoms with van der Waals surface area (Å²) in [6.45, 7) is 4.05. The molecule has 0 radical (unpaired) electrons. The summed E-state index contributed by atoms with van der Waals surface area (Å²) in [5.41, 5.74) is 4.03. The summed E-state index contributed by atoms with van der Waals surface area (Å²) < 4.78 is -0.0602. The second-order valence-corrected chi connectivity index (χ2v) is 5.40. The Morgan fingerprint density at radius 2 is 1.26 bits per heavy atom. The van der Waals surface area contributed by atoms with E-state index in [4.69, 9.17) is 10.5 Å². The van der Waals surface area contributed by atoms with Gasteiger partial charge in [0.2, 0.25) is 0 Å². The minimum atomic E-state index is -0.157. The van der Waals surface area contributed by atoms with Crippen LogP contribution in [0.3, 0.4) is 0 Å². The fraction of sp³-hybridized carbons (Fsp3) is 0.125. The van der Waals surface area contributed by atoms with Crippen molar-refractivity contribution in [2.45, 2.75) is 13.8 Å². The van der Waals surface area contributed by atoms with Crippen molar-refractivity contribution in [1.29, 1.82) is 10.5 Å². The van der Waals surface area contributed by atoms with E-state index in [1.165, 1.54) is 11.1 Å². The van der Waals surface area contributed by atoms with Gasteiger partial charge in [-0.2, -0.15) is 10.5 Å². The van der Waals surface area contributed by atoms with Crippen LogP contribution in [-0.4, -0.2) is 9.97 Å². The van der Waals surface area contributed by atoms with Gasteiger partial charge in [0.1, 0.15) is 12.1 Å². The molecule has 0 saturated heterocycles. The van der Waals surface area contributed by atoms with Crippen LogP contribution < -0.4 is 0 Å². The summed E-state index contributed by atoms with van der Waals surface area (Å²) in [5, 5.41) is 16.1. The zero-order valence-corrected chi connectivity index (χ0v) is 16.3. The molecule has 0 amide bonds. The molecule has 0 unspecified atom stereocenters. The molecule has 7 heteroatoms. The molecule has 118 valence electrons. The van der Waals surface area contributed by atoms with Gasteiger partial charge in [-0.1, -0.05) is 12.1 Å². The van der Waals surface area contributed by atoms with E-state index in [0.29, 0.717) is 0 Å². The van der Waals surface area contributed by atoms with Crippen LogP contribution in [0.2, 0.25) is 0 Å². The van der Waals surface area contributed by atoms with Crippen molar-refractivity contribution >= 4 is 25.3 Å². The van der Waals surface area contributed by atoms with Crippen molar-refractivity contribution in [2.24, 2.45) is 0 Å². The first kappa shape index (κ1) is 21.1. The van der Waals surface area contributed by atoms with Crippen LogP contribution in [0, 0.1) is 36.5 Å². The maximum atomic E-state index is 8.03. The maximum Gasteiger partial charge on any atom is 2.00 e. The second kappa shape index (κ2) is 10.8. The van der Waals surface area contributed by atoms with Gasteiger partial charge in [-0.3, -0.25) is 9.97 Å². The fourth-order valence-corrected chi connectivity index (χ4v) is 1.54. The van der Waals surface area contributed by atoms with Gasteiger partial charge >= 0.3 is 21.1 Å². The van der Waals surface area contributed by atoms with Crippen molar-refractivity contribution in [1.82, 2.24) is 9.97 Å². The number of hydrogen-bond acceptors (Lipinski definition) is 6. The molecule has 0 fully saturated rings. The predicted octanol–water partition coefficient (Wildman–Crippen LogP) is 3.10. The molecule has 0 aromatic carbocycles. The molecule has 0 N–H and O–H groups in total. The normalized spacial score (nSPS) is 8.35. The largest absolute Gasteiger partial charge is 2.00 e. The van der Waals surface area contributed by atoms with E-state index >= 15 is 0 Å². The van der Waals surface area contributed by atoms with Crippen LogP contribution in [-0.2, 0) is 46.3 Å². The molecule has 0 aliphatic carbocycles. The molecule has 0 spiro atoms. The zero-order valence-electron chi connectivity index (χ0n) is 12.4. The molecular formula is C16H12N4PtS2. The number of aryl methyl sites for hydroxylation is 2. The van der Waals surface area contributed by atoms with Crippen LogP contribution in [0.4, 0.5) is 0 Å². The van der Waals surface area contributed by atoms with Gasteiger partial charge in [-0.15, -0.1) is 0 Å². The van der Waals surface area contributed by atoms with E-state index in [9.17, 15) is 0 Å². The quantitative estimate of drug-likeness (QED) is 0.426. The summed E-state index contributed by atoms with van der Waals surface area (Å²) in [5.74, 6) is 0. The van der Waals surface area contributed by atoms with Gasteiger partial charge < -0.3 is 29.5 Å². The van der Waals surface area contributed by atoms with Gasteiger partial charge in [-0.05, 0) is 37.1 Å². The monoisotopic (exact) mass is 519 g/mol. The predicted molar refractivity (Wildman–Crippen MR) is 89.9 cm³/mol. The molecule has 2 aromatic heterocycles. The van der Waals surface area contributed by atoms with E-state index in [2.05, 4.69) is 35.2 Å². The molecule has 2 aromatic rings. The third-order valence-corrected chi connectivity index (χ3v) is 2.92. The summed E-state index contributed by atoms with van der Waals surface area (Å²) in [7, 11) is 0. The molecule has 2 rings (SSSR count). The Kier molecular flexibility index (Phi) is 9.93. The Balaban J connectivity index is 0.000000469. The number of pyridine rings is 2. The number of nitrogens with zero attached hydrogens (tertiary/aromatic N) is 4. The second-order valence-electron chi connectivity index (χ2n) is 4.33. The average Bonchev–Trinajstić information content (AvgIpc) is 2.50. The third kappa shape index (κ3) is 7.30. The Bertz CT molecular complexity index is 678. The minimum Gasteiger partial charge on any atom is -0.805 e. The Morgan fingerprint density at radius 3 is 1.43 bits per heavy atom. The number of allylic oxidation sites excluding steroid dienone is 1. The molecule has 0 bridgehead atoms. The number of aromatic nitrogens is 2. The smallest absolute Gasteiger partial charge is 0.805 e. The van der Waals surface area contributed by atoms with Crippen LogP contribution in [0.25, 0.3) is 11.4 Å². The maximum absolute atomic E-state index is 8.03. The molecule has 0 aliphatic rings. The first-order chi connectivity index (χ1) is 10.5. The molecule has 0 saturated carbocycles. The first-order valence-electron chi connectivity index (χ1n) is 6.22. The van der Waals surface area contributed by atoms with Gasteiger partial charge in [0.15, 0.2) is 0 Å². The molecule has 23 heavy (non-hydrogen) atoms. The van der Waals surface area contributed by atoms with Crippen molar-refractivity contribution in [2.75, 3.05) is 0 Å². The minimum absolute atomic E-state index is 0. The van der Waals surface area contributed by atoms with E-state index < -0.39 is 0 Å². The van der Waals surface area contributed by atoms with Crippen LogP contribution >= 0.6 is 0 Å². The van der Waals surface area contributed by atoms with E-state index in [1.54, 1.807) is 12.1 Å². The number of rotatable bonds is 1. The standard InChI is InChI=1S/C12H12N2.C4H2N2S2.Pt/c1-9-3-5-11(13-7-9)12-6-4-10(2)8-14-12;5-1-3(2-6)4(7)8;/h3-8H,1-2H3;7-8H;/q;;+2/p-2. The molecule has 0 aliphatic heterocycles. The van der Waals surface area contributed by atoms with Gasteiger partial charge in [0, 0.05) is 12.4 Å². The van der Waals surface area contributed by atoms with Crippen molar-refractivity contribution in [3.63, 3.8) is 0 Å². The van der Waals surface area contributed by atoms with Gasteiger partial charge in [-0.25, -0.2) is 0 Å². The Labute approximate surface area is 161 Å². The van der Waals surface area contributed by atoms with Crippen molar-refractivity contribution < 1.29 is 21.1 Å². The van der Waals surface area contributed by atoms with Gasteiger partial charge in [0.25, 0.3) is 0 Å². The van der Waals surface area contributed by atoms with Crippen LogP contribution in [0.1, 0.15) is 11.1 Å². The van der Waals surface area contributed by atoms with Gasteiger partial charge in [0.05, 0.1) is 17.0 Å². The summed E-state index contributed by atoms with van der Waals surface area (Å²) >= 11 is 8.70. The van der Waals surface area contributed by atoms with Crippen molar-refractivity contribution in [3.05, 3.63) is 57.6 Å². The summed E-state index contributed by atoms with van der Waals surface area (Å²) in [6.07, 6.45) is 3.72. The number of hydrogen-bond donors (Lipinski definition) is 0. The summed E-state index contributed by atoms with van der Waals surface area (Å²) in [6, 6.07) is 11.2. The van der Waals surface area contributed by atoms with Crippen molar-refractivity contribution in [3.8, 4) is 23.5 Å².